The molecule has 246 valence electrons. The maximum atomic E-state index is 14.5. The number of para-hydroxylation sites is 1. The van der Waals surface area contributed by atoms with Gasteiger partial charge in [-0.15, -0.1) is 23.2 Å². The third kappa shape index (κ3) is 4.49. The molecule has 9 nitrogen and oxygen atoms in total. The molecule has 0 spiro atoms. The van der Waals surface area contributed by atoms with Gasteiger partial charge < -0.3 is 9.84 Å². The van der Waals surface area contributed by atoms with Gasteiger partial charge in [0.15, 0.2) is 15.5 Å². The number of fused-ring (bicyclic) bond motifs is 4. The zero-order valence-electron chi connectivity index (χ0n) is 25.6. The van der Waals surface area contributed by atoms with E-state index in [4.69, 9.17) is 27.9 Å². The van der Waals surface area contributed by atoms with Gasteiger partial charge in [0.2, 0.25) is 11.8 Å². The summed E-state index contributed by atoms with van der Waals surface area (Å²) in [6.45, 7) is 1.05. The number of hydrogen-bond donors (Lipinski definition) is 1. The Balaban J connectivity index is 1.38. The maximum Gasteiger partial charge on any atom is 0.258 e. The number of rotatable bonds is 7. The van der Waals surface area contributed by atoms with Crippen LogP contribution in [0.15, 0.2) is 84.4 Å². The fourth-order valence-corrected chi connectivity index (χ4v) is 8.78. The number of carbonyl (C=O) groups excluding carboxylic acids is 5. The van der Waals surface area contributed by atoms with Crippen molar-refractivity contribution in [1.29, 1.82) is 0 Å². The van der Waals surface area contributed by atoms with Crippen molar-refractivity contribution in [1.82, 2.24) is 0 Å². The molecule has 6 atom stereocenters. The van der Waals surface area contributed by atoms with E-state index in [0.29, 0.717) is 28.1 Å². The molecule has 4 amide bonds. The molecule has 3 fully saturated rings. The Kier molecular flexibility index (Phi) is 7.81. The van der Waals surface area contributed by atoms with Crippen LogP contribution in [-0.4, -0.2) is 57.5 Å². The first-order valence-corrected chi connectivity index (χ1v) is 16.2. The summed E-state index contributed by atoms with van der Waals surface area (Å²) in [4.78, 5) is 66.7. The molecule has 2 aliphatic carbocycles. The fourth-order valence-electron chi connectivity index (χ4n) is 7.85. The number of ketones is 1. The van der Waals surface area contributed by atoms with Crippen molar-refractivity contribution in [2.45, 2.75) is 35.4 Å². The summed E-state index contributed by atoms with van der Waals surface area (Å²) in [6.07, 6.45) is 1.73. The second-order valence-corrected chi connectivity index (χ2v) is 13.7. The van der Waals surface area contributed by atoms with Gasteiger partial charge in [0.05, 0.1) is 29.8 Å². The number of alkyl halides is 2. The molecular weight excluding hydrogens is 662 g/mol. The second-order valence-electron chi connectivity index (χ2n) is 12.5. The minimum Gasteiger partial charge on any atom is -0.491 e. The maximum absolute atomic E-state index is 14.5. The number of amides is 4. The standard InChI is InChI=1S/C36H29Cl2FN2O7/c1-19(43)20-6-10-22(11-7-20)40-31(44)26-15-14-24-27(29(26)32(40)45)18-35(37)33(46)41(23-12-8-21(39)9-13-23)34(47)36(35,38)30(24)25-4-2-3-5-28(25)48-17-16-42/h2-14,26-27,29-30,42H,15-18H2,1H3/t26-,27+,29-,30+,35+,36-/m0/s1. The first-order valence-electron chi connectivity index (χ1n) is 15.5. The summed E-state index contributed by atoms with van der Waals surface area (Å²) >= 11 is 14.8. The SMILES string of the molecule is CC(=O)c1ccc(N2C(=O)[C@H]3[C@H](CC=C4[C@H]3C[C@@]3(Cl)C(=O)N(c5ccc(F)cc5)C(=O)[C@@]3(Cl)[C@H]4c3ccccc3OCCO)C2=O)cc1. The van der Waals surface area contributed by atoms with E-state index in [2.05, 4.69) is 0 Å². The Labute approximate surface area is 284 Å². The van der Waals surface area contributed by atoms with E-state index < -0.39 is 62.9 Å². The van der Waals surface area contributed by atoms with E-state index in [1.165, 1.54) is 19.1 Å². The molecular formula is C36H29Cl2FN2O7. The van der Waals surface area contributed by atoms with Crippen molar-refractivity contribution in [3.05, 3.63) is 101 Å². The Hall–Kier alpha value is -4.38. The summed E-state index contributed by atoms with van der Waals surface area (Å²) < 4.78 is 19.8. The van der Waals surface area contributed by atoms with Gasteiger partial charge in [-0.3, -0.25) is 28.9 Å². The van der Waals surface area contributed by atoms with Crippen molar-refractivity contribution in [3.8, 4) is 5.75 Å². The minimum atomic E-state index is -2.12. The molecule has 0 aromatic heterocycles. The van der Waals surface area contributed by atoms with Crippen LogP contribution >= 0.6 is 23.2 Å². The zero-order valence-corrected chi connectivity index (χ0v) is 27.1. The number of nitrogens with zero attached hydrogens (tertiary/aromatic N) is 2. The van der Waals surface area contributed by atoms with E-state index in [1.807, 2.05) is 6.08 Å². The number of benzene rings is 3. The molecule has 3 aromatic carbocycles. The van der Waals surface area contributed by atoms with Crippen LogP contribution in [-0.2, 0) is 19.2 Å². The first-order chi connectivity index (χ1) is 22.9. The van der Waals surface area contributed by atoms with Gasteiger partial charge in [-0.25, -0.2) is 9.29 Å². The molecule has 1 saturated carbocycles. The Morgan fingerprint density at radius 2 is 1.54 bits per heavy atom. The molecule has 0 unspecified atom stereocenters. The summed E-state index contributed by atoms with van der Waals surface area (Å²) in [5.41, 5.74) is 1.79. The van der Waals surface area contributed by atoms with Crippen LogP contribution in [0.1, 0.15) is 41.6 Å². The van der Waals surface area contributed by atoms with Crippen LogP contribution in [0.4, 0.5) is 15.8 Å². The van der Waals surface area contributed by atoms with Crippen molar-refractivity contribution < 1.29 is 38.2 Å². The van der Waals surface area contributed by atoms with Crippen LogP contribution in [0.3, 0.4) is 0 Å². The normalized spacial score (nSPS) is 29.4. The number of imide groups is 2. The lowest BCUT2D eigenvalue weighted by atomic mass is 9.56. The molecule has 3 aromatic rings. The van der Waals surface area contributed by atoms with Gasteiger partial charge in [-0.05, 0) is 80.3 Å². The van der Waals surface area contributed by atoms with Gasteiger partial charge in [-0.2, -0.15) is 0 Å². The van der Waals surface area contributed by atoms with E-state index >= 15 is 0 Å². The molecule has 0 radical (unpaired) electrons. The quantitative estimate of drug-likeness (QED) is 0.157. The molecule has 0 bridgehead atoms. The van der Waals surface area contributed by atoms with Crippen LogP contribution in [0.25, 0.3) is 0 Å². The summed E-state index contributed by atoms with van der Waals surface area (Å²) in [5.74, 6) is -6.60. The molecule has 12 heteroatoms. The average molecular weight is 692 g/mol. The number of halogens is 3. The molecule has 1 N–H and O–H groups in total. The lowest BCUT2D eigenvalue weighted by Crippen LogP contribution is -2.60. The number of ether oxygens (including phenoxy) is 1. The zero-order chi connectivity index (χ0) is 34.1. The van der Waals surface area contributed by atoms with Crippen molar-refractivity contribution in [2.24, 2.45) is 17.8 Å². The third-order valence-electron chi connectivity index (χ3n) is 10.0. The second kappa shape index (κ2) is 11.6. The topological polar surface area (TPSA) is 121 Å². The average Bonchev–Trinajstić information content (AvgIpc) is 3.42. The highest BCUT2D eigenvalue weighted by Crippen LogP contribution is 2.66. The highest BCUT2D eigenvalue weighted by molar-refractivity contribution is 6.58. The molecule has 2 aliphatic heterocycles. The van der Waals surface area contributed by atoms with Crippen molar-refractivity contribution in [2.75, 3.05) is 23.0 Å². The van der Waals surface area contributed by atoms with Gasteiger partial charge in [0.25, 0.3) is 11.8 Å². The first kappa shape index (κ1) is 32.2. The lowest BCUT2D eigenvalue weighted by molar-refractivity contribution is -0.125. The van der Waals surface area contributed by atoms with Crippen molar-refractivity contribution >= 4 is 64.0 Å². The molecule has 4 aliphatic rings. The number of carbonyl (C=O) groups is 5. The Morgan fingerprint density at radius 1 is 0.896 bits per heavy atom. The predicted molar refractivity (Wildman–Crippen MR) is 175 cm³/mol. The number of hydrogen-bond acceptors (Lipinski definition) is 7. The summed E-state index contributed by atoms with van der Waals surface area (Å²) in [6, 6.07) is 17.7. The van der Waals surface area contributed by atoms with Crippen LogP contribution < -0.4 is 14.5 Å². The minimum absolute atomic E-state index is 0.0723. The Morgan fingerprint density at radius 3 is 2.21 bits per heavy atom. The predicted octanol–water partition coefficient (Wildman–Crippen LogP) is 5.17. The Bertz CT molecular complexity index is 1920. The largest absolute Gasteiger partial charge is 0.491 e. The third-order valence-corrected chi connectivity index (χ3v) is 11.4. The smallest absolute Gasteiger partial charge is 0.258 e. The lowest BCUT2D eigenvalue weighted by Gasteiger charge is -2.50. The highest BCUT2D eigenvalue weighted by Gasteiger charge is 2.77. The number of aliphatic hydroxyl groups excluding tert-OH is 1. The van der Waals surface area contributed by atoms with Gasteiger partial charge in [0.1, 0.15) is 18.2 Å². The molecule has 2 heterocycles. The summed E-state index contributed by atoms with van der Waals surface area (Å²) in [7, 11) is 0. The van der Waals surface area contributed by atoms with E-state index in [0.717, 1.165) is 21.9 Å². The van der Waals surface area contributed by atoms with Gasteiger partial charge >= 0.3 is 0 Å². The number of allylic oxidation sites excluding steroid dienone is 2. The van der Waals surface area contributed by atoms with E-state index in [9.17, 15) is 33.5 Å². The van der Waals surface area contributed by atoms with E-state index in [-0.39, 0.29) is 37.5 Å². The van der Waals surface area contributed by atoms with Crippen LogP contribution in [0, 0.1) is 23.6 Å². The van der Waals surface area contributed by atoms with Crippen molar-refractivity contribution in [3.63, 3.8) is 0 Å². The highest BCUT2D eigenvalue weighted by atomic mass is 35.5. The molecule has 7 rings (SSSR count). The van der Waals surface area contributed by atoms with Gasteiger partial charge in [0, 0.05) is 17.0 Å². The summed E-state index contributed by atoms with van der Waals surface area (Å²) in [5, 5.41) is 9.53. The van der Waals surface area contributed by atoms with Crippen LogP contribution in [0.5, 0.6) is 5.75 Å². The van der Waals surface area contributed by atoms with Crippen LogP contribution in [0.2, 0.25) is 0 Å². The number of anilines is 2. The molecule has 2 saturated heterocycles. The number of aliphatic hydroxyl groups is 1. The van der Waals surface area contributed by atoms with Gasteiger partial charge in [-0.1, -0.05) is 29.8 Å². The monoisotopic (exact) mass is 690 g/mol. The number of Topliss-reactive ketones (excluding diaryl/α,β-unsaturated/α-hetero) is 1. The molecule has 48 heavy (non-hydrogen) atoms. The fraction of sp³-hybridized carbons (Fsp3) is 0.306. The van der Waals surface area contributed by atoms with E-state index in [1.54, 1.807) is 48.5 Å².